The number of hydrogen-bond donors (Lipinski definition) is 1. The summed E-state index contributed by atoms with van der Waals surface area (Å²) in [5, 5.41) is 7.80. The van der Waals surface area contributed by atoms with Crippen molar-refractivity contribution < 1.29 is 4.79 Å². The second kappa shape index (κ2) is 7.03. The first-order chi connectivity index (χ1) is 13.0. The molecule has 0 aliphatic heterocycles. The number of hydrogen-bond acceptors (Lipinski definition) is 2. The number of carbonyl (C=O) groups is 1. The fraction of sp³-hybridized carbons (Fsp3) is 0.304. The van der Waals surface area contributed by atoms with Crippen molar-refractivity contribution in [1.82, 2.24) is 9.78 Å². The third-order valence-electron chi connectivity index (χ3n) is 5.57. The van der Waals surface area contributed by atoms with E-state index in [-0.39, 0.29) is 11.8 Å². The van der Waals surface area contributed by atoms with Gasteiger partial charge in [0.15, 0.2) is 0 Å². The number of aryl methyl sites for hydroxylation is 2. The predicted molar refractivity (Wildman–Crippen MR) is 108 cm³/mol. The summed E-state index contributed by atoms with van der Waals surface area (Å²) < 4.78 is 1.98. The molecule has 1 amide bonds. The highest BCUT2D eigenvalue weighted by molar-refractivity contribution is 5.96. The van der Waals surface area contributed by atoms with Gasteiger partial charge in [0.25, 0.3) is 0 Å². The molecule has 1 heterocycles. The van der Waals surface area contributed by atoms with Crippen LogP contribution in [0.2, 0.25) is 0 Å². The first kappa shape index (κ1) is 17.5. The summed E-state index contributed by atoms with van der Waals surface area (Å²) in [5.74, 6) is 0.505. The minimum atomic E-state index is 0.0610. The molecule has 0 bridgehead atoms. The highest BCUT2D eigenvalue weighted by Crippen LogP contribution is 2.48. The van der Waals surface area contributed by atoms with Gasteiger partial charge in [-0.1, -0.05) is 54.6 Å². The van der Waals surface area contributed by atoms with Crippen LogP contribution in [0.3, 0.4) is 0 Å². The number of rotatable bonds is 5. The Bertz CT molecular complexity index is 975. The van der Waals surface area contributed by atoms with E-state index >= 15 is 0 Å². The Morgan fingerprint density at radius 1 is 1.07 bits per heavy atom. The van der Waals surface area contributed by atoms with Crippen molar-refractivity contribution in [2.75, 3.05) is 5.32 Å². The maximum atomic E-state index is 12.7. The number of aromatic nitrogens is 2. The second-order valence-electron chi connectivity index (χ2n) is 7.48. The van der Waals surface area contributed by atoms with Crippen LogP contribution in [-0.4, -0.2) is 15.7 Å². The van der Waals surface area contributed by atoms with Gasteiger partial charge in [0, 0.05) is 5.92 Å². The fourth-order valence-corrected chi connectivity index (χ4v) is 3.75. The van der Waals surface area contributed by atoms with Gasteiger partial charge in [0.2, 0.25) is 5.91 Å². The quantitative estimate of drug-likeness (QED) is 0.724. The summed E-state index contributed by atoms with van der Waals surface area (Å²) >= 11 is 0. The highest BCUT2D eigenvalue weighted by atomic mass is 16.2. The van der Waals surface area contributed by atoms with Crippen LogP contribution in [0.15, 0.2) is 54.6 Å². The lowest BCUT2D eigenvalue weighted by atomic mass is 10.1. The van der Waals surface area contributed by atoms with E-state index < -0.39 is 0 Å². The molecule has 138 valence electrons. The molecule has 0 radical (unpaired) electrons. The van der Waals surface area contributed by atoms with Gasteiger partial charge in [-0.3, -0.25) is 9.48 Å². The van der Waals surface area contributed by atoms with E-state index in [1.54, 1.807) is 0 Å². The molecule has 0 spiro atoms. The Hall–Kier alpha value is -2.88. The van der Waals surface area contributed by atoms with Gasteiger partial charge in [-0.15, -0.1) is 0 Å². The van der Waals surface area contributed by atoms with E-state index in [0.717, 1.165) is 23.5 Å². The third kappa shape index (κ3) is 3.52. The van der Waals surface area contributed by atoms with Crippen LogP contribution in [-0.2, 0) is 11.3 Å². The molecule has 1 N–H and O–H groups in total. The molecule has 1 fully saturated rings. The monoisotopic (exact) mass is 359 g/mol. The standard InChI is InChI=1S/C23H25N3O/c1-15-9-7-8-12-19(15)14-26-17(3)22(16(2)25-26)24-23(27)21-13-20(21)18-10-5-4-6-11-18/h4-12,20-21H,13-14H2,1-3H3,(H,24,27)/t20-,21-/m0/s1. The maximum absolute atomic E-state index is 12.7. The van der Waals surface area contributed by atoms with Crippen molar-refractivity contribution in [3.63, 3.8) is 0 Å². The van der Waals surface area contributed by atoms with E-state index in [2.05, 4.69) is 41.6 Å². The van der Waals surface area contributed by atoms with Crippen molar-refractivity contribution in [3.8, 4) is 0 Å². The van der Waals surface area contributed by atoms with E-state index in [4.69, 9.17) is 0 Å². The Kier molecular flexibility index (Phi) is 4.56. The Labute approximate surface area is 160 Å². The molecule has 4 rings (SSSR count). The average molecular weight is 359 g/mol. The van der Waals surface area contributed by atoms with Gasteiger partial charge in [0.1, 0.15) is 0 Å². The van der Waals surface area contributed by atoms with Gasteiger partial charge < -0.3 is 5.32 Å². The molecule has 3 aromatic rings. The minimum Gasteiger partial charge on any atom is -0.323 e. The highest BCUT2D eigenvalue weighted by Gasteiger charge is 2.44. The van der Waals surface area contributed by atoms with E-state index in [1.807, 2.05) is 48.9 Å². The summed E-state index contributed by atoms with van der Waals surface area (Å²) in [6.07, 6.45) is 0.922. The zero-order valence-electron chi connectivity index (χ0n) is 16.1. The summed E-state index contributed by atoms with van der Waals surface area (Å²) in [7, 11) is 0. The number of nitrogens with zero attached hydrogens (tertiary/aromatic N) is 2. The summed E-state index contributed by atoms with van der Waals surface area (Å²) in [6.45, 7) is 6.81. The molecule has 0 unspecified atom stereocenters. The van der Waals surface area contributed by atoms with Crippen LogP contribution in [0.5, 0.6) is 0 Å². The van der Waals surface area contributed by atoms with Crippen molar-refractivity contribution in [3.05, 3.63) is 82.7 Å². The maximum Gasteiger partial charge on any atom is 0.228 e. The van der Waals surface area contributed by atoms with E-state index in [1.165, 1.54) is 16.7 Å². The largest absolute Gasteiger partial charge is 0.323 e. The lowest BCUT2D eigenvalue weighted by Crippen LogP contribution is -2.16. The molecule has 2 atom stereocenters. The van der Waals surface area contributed by atoms with Gasteiger partial charge in [-0.05, 0) is 49.8 Å². The molecule has 1 saturated carbocycles. The number of nitrogens with one attached hydrogen (secondary N) is 1. The van der Waals surface area contributed by atoms with Gasteiger partial charge in [0.05, 0.1) is 23.6 Å². The molecular weight excluding hydrogens is 334 g/mol. The molecule has 1 aromatic heterocycles. The first-order valence-electron chi connectivity index (χ1n) is 9.49. The molecule has 1 aliphatic carbocycles. The number of benzene rings is 2. The molecular formula is C23H25N3O. The number of amides is 1. The predicted octanol–water partition coefficient (Wildman–Crippen LogP) is 4.60. The molecule has 2 aromatic carbocycles. The summed E-state index contributed by atoms with van der Waals surface area (Å²) in [6, 6.07) is 18.6. The topological polar surface area (TPSA) is 46.9 Å². The van der Waals surface area contributed by atoms with Crippen LogP contribution in [0.25, 0.3) is 0 Å². The normalized spacial score (nSPS) is 18.3. The smallest absolute Gasteiger partial charge is 0.228 e. The van der Waals surface area contributed by atoms with Crippen LogP contribution >= 0.6 is 0 Å². The van der Waals surface area contributed by atoms with Crippen LogP contribution in [0, 0.1) is 26.7 Å². The minimum absolute atomic E-state index is 0.0610. The number of anilines is 1. The molecule has 27 heavy (non-hydrogen) atoms. The zero-order chi connectivity index (χ0) is 19.0. The Morgan fingerprint density at radius 3 is 2.52 bits per heavy atom. The third-order valence-corrected chi connectivity index (χ3v) is 5.57. The summed E-state index contributed by atoms with van der Waals surface area (Å²) in [4.78, 5) is 12.7. The molecule has 4 nitrogen and oxygen atoms in total. The van der Waals surface area contributed by atoms with Gasteiger partial charge in [-0.2, -0.15) is 5.10 Å². The molecule has 0 saturated heterocycles. The Morgan fingerprint density at radius 2 is 1.78 bits per heavy atom. The van der Waals surface area contributed by atoms with Crippen LogP contribution in [0.4, 0.5) is 5.69 Å². The first-order valence-corrected chi connectivity index (χ1v) is 9.49. The van der Waals surface area contributed by atoms with Crippen molar-refractivity contribution in [2.45, 2.75) is 39.7 Å². The van der Waals surface area contributed by atoms with Gasteiger partial charge >= 0.3 is 0 Å². The van der Waals surface area contributed by atoms with E-state index in [0.29, 0.717) is 12.5 Å². The van der Waals surface area contributed by atoms with Crippen molar-refractivity contribution in [1.29, 1.82) is 0 Å². The van der Waals surface area contributed by atoms with Crippen LogP contribution < -0.4 is 5.32 Å². The zero-order valence-corrected chi connectivity index (χ0v) is 16.1. The van der Waals surface area contributed by atoms with Gasteiger partial charge in [-0.25, -0.2) is 0 Å². The molecule has 4 heteroatoms. The van der Waals surface area contributed by atoms with Crippen molar-refractivity contribution >= 4 is 11.6 Å². The summed E-state index contributed by atoms with van der Waals surface area (Å²) in [5.41, 5.74) is 6.47. The SMILES string of the molecule is Cc1ccccc1Cn1nc(C)c(NC(=O)[C@H]2C[C@H]2c2ccccc2)c1C. The molecule has 1 aliphatic rings. The van der Waals surface area contributed by atoms with Crippen molar-refractivity contribution in [2.24, 2.45) is 5.92 Å². The lowest BCUT2D eigenvalue weighted by Gasteiger charge is -2.09. The van der Waals surface area contributed by atoms with E-state index in [9.17, 15) is 4.79 Å². The fourth-order valence-electron chi connectivity index (χ4n) is 3.75. The second-order valence-corrected chi connectivity index (χ2v) is 7.48. The van der Waals surface area contributed by atoms with Crippen LogP contribution in [0.1, 0.15) is 40.4 Å². The lowest BCUT2D eigenvalue weighted by molar-refractivity contribution is -0.117. The Balaban J connectivity index is 1.48. The number of carbonyl (C=O) groups excluding carboxylic acids is 1. The average Bonchev–Trinajstić information content (AvgIpc) is 3.43.